The van der Waals surface area contributed by atoms with Gasteiger partial charge in [0.15, 0.2) is 0 Å². The summed E-state index contributed by atoms with van der Waals surface area (Å²) in [6.07, 6.45) is 1.21. The van der Waals surface area contributed by atoms with Gasteiger partial charge in [0.1, 0.15) is 0 Å². The van der Waals surface area contributed by atoms with Gasteiger partial charge in [-0.3, -0.25) is 4.90 Å². The van der Waals surface area contributed by atoms with Crippen LogP contribution in [0.25, 0.3) is 0 Å². The molecular weight excluding hydrogens is 242 g/mol. The maximum atomic E-state index is 4.31. The second kappa shape index (κ2) is 7.87. The molecule has 2 unspecified atom stereocenters. The Kier molecular flexibility index (Phi) is 6.82. The van der Waals surface area contributed by atoms with E-state index in [9.17, 15) is 0 Å². The molecule has 1 heterocycles. The molecule has 0 fully saturated rings. The van der Waals surface area contributed by atoms with E-state index in [2.05, 4.69) is 49.9 Å². The van der Waals surface area contributed by atoms with Crippen LogP contribution in [0.1, 0.15) is 37.8 Å². The molecule has 3 nitrogen and oxygen atoms in total. The Balaban J connectivity index is 2.40. The van der Waals surface area contributed by atoms with Gasteiger partial charge in [0, 0.05) is 17.5 Å². The summed E-state index contributed by atoms with van der Waals surface area (Å²) in [5.41, 5.74) is 3.12. The molecule has 18 heavy (non-hydrogen) atoms. The topological polar surface area (TPSA) is 28.2 Å². The number of aromatic nitrogens is 1. The summed E-state index contributed by atoms with van der Waals surface area (Å²) in [6.45, 7) is 12.2. The van der Waals surface area contributed by atoms with Gasteiger partial charge in [-0.25, -0.2) is 4.98 Å². The molecule has 0 spiro atoms. The van der Waals surface area contributed by atoms with Crippen molar-refractivity contribution >= 4 is 11.3 Å². The Morgan fingerprint density at radius 2 is 2.17 bits per heavy atom. The first-order valence-corrected chi connectivity index (χ1v) is 7.74. The zero-order valence-electron chi connectivity index (χ0n) is 12.4. The summed E-state index contributed by atoms with van der Waals surface area (Å²) < 4.78 is 0. The minimum Gasteiger partial charge on any atom is -0.316 e. The zero-order valence-corrected chi connectivity index (χ0v) is 13.2. The van der Waals surface area contributed by atoms with Crippen molar-refractivity contribution < 1.29 is 0 Å². The average molecular weight is 269 g/mol. The van der Waals surface area contributed by atoms with Gasteiger partial charge < -0.3 is 5.32 Å². The third-order valence-corrected chi connectivity index (χ3v) is 4.57. The maximum absolute atomic E-state index is 4.31. The highest BCUT2D eigenvalue weighted by atomic mass is 32.1. The molecule has 0 amide bonds. The van der Waals surface area contributed by atoms with Crippen LogP contribution < -0.4 is 5.32 Å². The lowest BCUT2D eigenvalue weighted by Crippen LogP contribution is -2.38. The number of hydrogen-bond acceptors (Lipinski definition) is 4. The average Bonchev–Trinajstić information content (AvgIpc) is 2.74. The van der Waals surface area contributed by atoms with E-state index in [-0.39, 0.29) is 0 Å². The normalized spacial score (nSPS) is 15.0. The molecule has 4 heteroatoms. The summed E-state index contributed by atoms with van der Waals surface area (Å²) in [6, 6.07) is 0.579. The van der Waals surface area contributed by atoms with Gasteiger partial charge in [-0.2, -0.15) is 0 Å². The fourth-order valence-electron chi connectivity index (χ4n) is 1.96. The van der Waals surface area contributed by atoms with Crippen LogP contribution in [0.4, 0.5) is 0 Å². The molecule has 0 saturated heterocycles. The van der Waals surface area contributed by atoms with Crippen LogP contribution in [0.2, 0.25) is 0 Å². The van der Waals surface area contributed by atoms with Gasteiger partial charge >= 0.3 is 0 Å². The molecule has 0 aliphatic heterocycles. The van der Waals surface area contributed by atoms with Gasteiger partial charge in [-0.15, -0.1) is 11.3 Å². The van der Waals surface area contributed by atoms with E-state index in [1.165, 1.54) is 17.0 Å². The molecule has 1 aromatic heterocycles. The third kappa shape index (κ3) is 4.67. The van der Waals surface area contributed by atoms with E-state index in [4.69, 9.17) is 0 Å². The Morgan fingerprint density at radius 3 is 2.72 bits per heavy atom. The quantitative estimate of drug-likeness (QED) is 0.736. The number of aryl methyl sites for hydroxylation is 1. The molecule has 104 valence electrons. The number of nitrogens with one attached hydrogen (secondary N) is 1. The first kappa shape index (κ1) is 15.6. The lowest BCUT2D eigenvalue weighted by molar-refractivity contribution is 0.190. The van der Waals surface area contributed by atoms with Crippen LogP contribution in [0.5, 0.6) is 0 Å². The fourth-order valence-corrected chi connectivity index (χ4v) is 2.80. The minimum absolute atomic E-state index is 0.579. The van der Waals surface area contributed by atoms with Crippen molar-refractivity contribution in [3.8, 4) is 0 Å². The van der Waals surface area contributed by atoms with Crippen LogP contribution in [-0.2, 0) is 6.54 Å². The highest BCUT2D eigenvalue weighted by Gasteiger charge is 2.17. The number of nitrogens with zero attached hydrogens (tertiary/aromatic N) is 2. The minimum atomic E-state index is 0.579. The highest BCUT2D eigenvalue weighted by Crippen LogP contribution is 2.17. The molecule has 1 aromatic rings. The Labute approximate surface area is 116 Å². The Bertz CT molecular complexity index is 338. The summed E-state index contributed by atoms with van der Waals surface area (Å²) in [4.78, 5) is 8.13. The van der Waals surface area contributed by atoms with Crippen molar-refractivity contribution in [3.05, 3.63) is 16.1 Å². The molecule has 0 aliphatic rings. The van der Waals surface area contributed by atoms with Gasteiger partial charge in [0.2, 0.25) is 0 Å². The molecule has 1 N–H and O–H groups in total. The molecule has 1 rings (SSSR count). The van der Waals surface area contributed by atoms with Gasteiger partial charge in [0.25, 0.3) is 0 Å². The van der Waals surface area contributed by atoms with E-state index in [0.717, 1.165) is 19.6 Å². The lowest BCUT2D eigenvalue weighted by atomic mass is 10.0. The van der Waals surface area contributed by atoms with Gasteiger partial charge in [0.05, 0.1) is 11.2 Å². The van der Waals surface area contributed by atoms with Crippen LogP contribution >= 0.6 is 11.3 Å². The largest absolute Gasteiger partial charge is 0.316 e. The van der Waals surface area contributed by atoms with Gasteiger partial charge in [-0.05, 0) is 46.3 Å². The Morgan fingerprint density at radius 1 is 1.44 bits per heavy atom. The van der Waals surface area contributed by atoms with E-state index in [1.807, 2.05) is 5.51 Å². The second-order valence-corrected chi connectivity index (χ2v) is 6.14. The molecule has 0 aliphatic carbocycles. The Hall–Kier alpha value is -0.450. The molecule has 0 bridgehead atoms. The zero-order chi connectivity index (χ0) is 13.5. The standard InChI is InChI=1S/C14H27N3S/c1-6-7-15-8-11(2)13(4)17(5)9-14-12(3)16-10-18-14/h10-11,13,15H,6-9H2,1-5H3. The second-order valence-electron chi connectivity index (χ2n) is 5.20. The van der Waals surface area contributed by atoms with Crippen molar-refractivity contribution in [2.45, 2.75) is 46.7 Å². The molecule has 0 aromatic carbocycles. The fraction of sp³-hybridized carbons (Fsp3) is 0.786. The van der Waals surface area contributed by atoms with Crippen LogP contribution in [-0.4, -0.2) is 36.1 Å². The number of hydrogen-bond donors (Lipinski definition) is 1. The maximum Gasteiger partial charge on any atom is 0.0798 e. The molecular formula is C14H27N3S. The van der Waals surface area contributed by atoms with Crippen molar-refractivity contribution in [2.75, 3.05) is 20.1 Å². The highest BCUT2D eigenvalue weighted by molar-refractivity contribution is 7.09. The summed E-state index contributed by atoms with van der Waals surface area (Å²) in [7, 11) is 2.21. The van der Waals surface area contributed by atoms with E-state index in [0.29, 0.717) is 12.0 Å². The summed E-state index contributed by atoms with van der Waals surface area (Å²) >= 11 is 1.76. The number of rotatable bonds is 8. The predicted molar refractivity (Wildman–Crippen MR) is 80.1 cm³/mol. The molecule has 2 atom stereocenters. The summed E-state index contributed by atoms with van der Waals surface area (Å²) in [5, 5.41) is 3.50. The van der Waals surface area contributed by atoms with Crippen molar-refractivity contribution in [1.29, 1.82) is 0 Å². The van der Waals surface area contributed by atoms with E-state index in [1.54, 1.807) is 11.3 Å². The van der Waals surface area contributed by atoms with Crippen molar-refractivity contribution in [2.24, 2.45) is 5.92 Å². The third-order valence-electron chi connectivity index (χ3n) is 3.65. The van der Waals surface area contributed by atoms with Crippen LogP contribution in [0, 0.1) is 12.8 Å². The summed E-state index contributed by atoms with van der Waals surface area (Å²) in [5.74, 6) is 0.662. The number of thiazole rings is 1. The van der Waals surface area contributed by atoms with Crippen molar-refractivity contribution in [3.63, 3.8) is 0 Å². The smallest absolute Gasteiger partial charge is 0.0798 e. The van der Waals surface area contributed by atoms with Crippen molar-refractivity contribution in [1.82, 2.24) is 15.2 Å². The van der Waals surface area contributed by atoms with Crippen LogP contribution in [0.15, 0.2) is 5.51 Å². The van der Waals surface area contributed by atoms with E-state index >= 15 is 0 Å². The SMILES string of the molecule is CCCNCC(C)C(C)N(C)Cc1scnc1C. The van der Waals surface area contributed by atoms with Gasteiger partial charge in [-0.1, -0.05) is 13.8 Å². The lowest BCUT2D eigenvalue weighted by Gasteiger charge is -2.29. The first-order valence-electron chi connectivity index (χ1n) is 6.86. The predicted octanol–water partition coefficient (Wildman–Crippen LogP) is 2.91. The molecule has 0 saturated carbocycles. The van der Waals surface area contributed by atoms with E-state index < -0.39 is 0 Å². The molecule has 0 radical (unpaired) electrons. The van der Waals surface area contributed by atoms with Crippen LogP contribution in [0.3, 0.4) is 0 Å². The first-order chi connectivity index (χ1) is 8.56. The monoisotopic (exact) mass is 269 g/mol.